The molecule has 2 unspecified atom stereocenters. The second kappa shape index (κ2) is 6.30. The van der Waals surface area contributed by atoms with E-state index in [4.69, 9.17) is 17.3 Å². The molecule has 3 N–H and O–H groups in total. The van der Waals surface area contributed by atoms with Crippen LogP contribution in [-0.2, 0) is 4.79 Å². The van der Waals surface area contributed by atoms with E-state index in [1.54, 1.807) is 24.3 Å². The van der Waals surface area contributed by atoms with Crippen LogP contribution in [0.15, 0.2) is 54.6 Å². The number of carbonyl (C=O) groups excluding carboxylic acids is 2. The Morgan fingerprint density at radius 1 is 1.13 bits per heavy atom. The number of nitrogens with two attached hydrogens (primary N) is 1. The molecule has 6 heteroatoms. The molecular weight excluding hydrogens is 314 g/mol. The Labute approximate surface area is 139 Å². The minimum atomic E-state index is -0.766. The van der Waals surface area contributed by atoms with Gasteiger partial charge in [-0.3, -0.25) is 10.2 Å². The molecule has 0 radical (unpaired) electrons. The average molecular weight is 330 g/mol. The summed E-state index contributed by atoms with van der Waals surface area (Å²) in [5.74, 6) is -0.193. The minimum Gasteiger partial charge on any atom is -0.350 e. The summed E-state index contributed by atoms with van der Waals surface area (Å²) in [5, 5.41) is 1.48. The molecule has 0 bridgehead atoms. The topological polar surface area (TPSA) is 75.4 Å². The number of urea groups is 1. The van der Waals surface area contributed by atoms with Crippen LogP contribution in [0.25, 0.3) is 0 Å². The van der Waals surface area contributed by atoms with Crippen LogP contribution in [0, 0.1) is 5.92 Å². The van der Waals surface area contributed by atoms with Gasteiger partial charge in [0.05, 0.1) is 5.69 Å². The van der Waals surface area contributed by atoms with E-state index in [-0.39, 0.29) is 17.7 Å². The summed E-state index contributed by atoms with van der Waals surface area (Å²) in [7, 11) is 0. The molecule has 0 saturated heterocycles. The maximum Gasteiger partial charge on any atom is 0.338 e. The normalized spacial score (nSPS) is 19.0. The number of nitrogens with one attached hydrogen (secondary N) is 1. The van der Waals surface area contributed by atoms with Crippen molar-refractivity contribution in [3.8, 4) is 0 Å². The van der Waals surface area contributed by atoms with Crippen molar-refractivity contribution in [3.05, 3.63) is 65.2 Å². The van der Waals surface area contributed by atoms with Gasteiger partial charge in [0, 0.05) is 10.9 Å². The number of rotatable bonds is 3. The number of nitrogens with zero attached hydrogens (tertiary/aromatic N) is 1. The van der Waals surface area contributed by atoms with Gasteiger partial charge in [-0.05, 0) is 36.1 Å². The highest BCUT2D eigenvalue weighted by atomic mass is 35.5. The van der Waals surface area contributed by atoms with Crippen LogP contribution >= 0.6 is 11.6 Å². The fraction of sp³-hybridized carbons (Fsp3) is 0.176. The molecule has 0 spiro atoms. The Balaban J connectivity index is 1.70. The zero-order valence-electron chi connectivity index (χ0n) is 12.3. The van der Waals surface area contributed by atoms with Crippen LogP contribution in [-0.4, -0.2) is 11.9 Å². The molecule has 1 aliphatic rings. The molecule has 1 aliphatic carbocycles. The molecule has 23 heavy (non-hydrogen) atoms. The summed E-state index contributed by atoms with van der Waals surface area (Å²) in [4.78, 5) is 24.0. The van der Waals surface area contributed by atoms with Gasteiger partial charge in [0.1, 0.15) is 0 Å². The number of anilines is 1. The molecule has 3 amide bonds. The summed E-state index contributed by atoms with van der Waals surface area (Å²) in [6.07, 6.45) is 0.762. The third-order valence-electron chi connectivity index (χ3n) is 3.86. The van der Waals surface area contributed by atoms with E-state index in [0.29, 0.717) is 10.7 Å². The van der Waals surface area contributed by atoms with E-state index in [0.717, 1.165) is 17.0 Å². The molecular formula is C17H16ClN3O2. The summed E-state index contributed by atoms with van der Waals surface area (Å²) in [6, 6.07) is 15.7. The zero-order valence-corrected chi connectivity index (χ0v) is 13.0. The van der Waals surface area contributed by atoms with Gasteiger partial charge in [0.25, 0.3) is 0 Å². The lowest BCUT2D eigenvalue weighted by Crippen LogP contribution is -2.49. The molecule has 0 aliphatic heterocycles. The van der Waals surface area contributed by atoms with Crippen LogP contribution < -0.4 is 16.2 Å². The lowest BCUT2D eigenvalue weighted by Gasteiger charge is -2.21. The van der Waals surface area contributed by atoms with Crippen molar-refractivity contribution < 1.29 is 9.59 Å². The molecule has 0 aromatic heterocycles. The number of benzene rings is 2. The summed E-state index contributed by atoms with van der Waals surface area (Å²) in [5.41, 5.74) is 9.50. The number of hydrogen-bond donors (Lipinski definition) is 2. The maximum atomic E-state index is 12.4. The highest BCUT2D eigenvalue weighted by Crippen LogP contribution is 2.47. The minimum absolute atomic E-state index is 0.154. The third-order valence-corrected chi connectivity index (χ3v) is 4.10. The number of hydrazine groups is 1. The van der Waals surface area contributed by atoms with Crippen molar-refractivity contribution in [2.24, 2.45) is 11.7 Å². The molecule has 3 rings (SSSR count). The monoisotopic (exact) mass is 329 g/mol. The average Bonchev–Trinajstić information content (AvgIpc) is 3.33. The lowest BCUT2D eigenvalue weighted by molar-refractivity contribution is -0.122. The number of halogens is 1. The Hall–Kier alpha value is -2.53. The van der Waals surface area contributed by atoms with E-state index in [1.807, 2.05) is 30.3 Å². The van der Waals surface area contributed by atoms with Crippen LogP contribution in [0.1, 0.15) is 17.9 Å². The smallest absolute Gasteiger partial charge is 0.338 e. The predicted molar refractivity (Wildman–Crippen MR) is 88.9 cm³/mol. The largest absolute Gasteiger partial charge is 0.350 e. The number of amides is 3. The quantitative estimate of drug-likeness (QED) is 0.849. The Bertz CT molecular complexity index is 736. The number of primary amides is 1. The summed E-state index contributed by atoms with van der Waals surface area (Å²) < 4.78 is 0. The Morgan fingerprint density at radius 3 is 2.52 bits per heavy atom. The first-order valence-corrected chi connectivity index (χ1v) is 7.64. The van der Waals surface area contributed by atoms with E-state index in [1.165, 1.54) is 0 Å². The van der Waals surface area contributed by atoms with Crippen LogP contribution in [0.2, 0.25) is 5.02 Å². The van der Waals surface area contributed by atoms with Gasteiger partial charge in [-0.25, -0.2) is 9.80 Å². The molecule has 2 aromatic rings. The number of hydrogen-bond acceptors (Lipinski definition) is 2. The van der Waals surface area contributed by atoms with Crippen molar-refractivity contribution >= 4 is 29.2 Å². The lowest BCUT2D eigenvalue weighted by atomic mass is 10.1. The SMILES string of the molecule is NC(=O)N(NC(=O)C1CC1c1ccccc1)c1cccc(Cl)c1. The van der Waals surface area contributed by atoms with E-state index >= 15 is 0 Å². The van der Waals surface area contributed by atoms with Crippen molar-refractivity contribution in [2.75, 3.05) is 5.01 Å². The summed E-state index contributed by atoms with van der Waals surface area (Å²) in [6.45, 7) is 0. The van der Waals surface area contributed by atoms with E-state index < -0.39 is 6.03 Å². The maximum absolute atomic E-state index is 12.4. The van der Waals surface area contributed by atoms with E-state index in [2.05, 4.69) is 5.43 Å². The first kappa shape index (κ1) is 15.4. The Morgan fingerprint density at radius 2 is 1.87 bits per heavy atom. The second-order valence-corrected chi connectivity index (χ2v) is 5.93. The zero-order chi connectivity index (χ0) is 16.4. The highest BCUT2D eigenvalue weighted by molar-refractivity contribution is 6.30. The molecule has 2 aromatic carbocycles. The predicted octanol–water partition coefficient (Wildman–Crippen LogP) is 3.06. The number of carbonyl (C=O) groups is 2. The standard InChI is InChI=1S/C17H16ClN3O2/c18-12-7-4-8-13(9-12)21(17(19)23)20-16(22)15-10-14(15)11-5-2-1-3-6-11/h1-9,14-15H,10H2,(H2,19,23)(H,20,22). The van der Waals surface area contributed by atoms with Crippen molar-refractivity contribution in [2.45, 2.75) is 12.3 Å². The van der Waals surface area contributed by atoms with Gasteiger partial charge < -0.3 is 5.73 Å². The molecule has 5 nitrogen and oxygen atoms in total. The molecule has 2 atom stereocenters. The molecule has 118 valence electrons. The van der Waals surface area contributed by atoms with Crippen molar-refractivity contribution in [1.29, 1.82) is 0 Å². The second-order valence-electron chi connectivity index (χ2n) is 5.49. The molecule has 0 heterocycles. The fourth-order valence-corrected chi connectivity index (χ4v) is 2.79. The van der Waals surface area contributed by atoms with Gasteiger partial charge in [-0.2, -0.15) is 0 Å². The Kier molecular flexibility index (Phi) is 4.21. The van der Waals surface area contributed by atoms with Gasteiger partial charge in [0.2, 0.25) is 5.91 Å². The fourth-order valence-electron chi connectivity index (χ4n) is 2.61. The third kappa shape index (κ3) is 3.46. The van der Waals surface area contributed by atoms with Crippen molar-refractivity contribution in [1.82, 2.24) is 5.43 Å². The van der Waals surface area contributed by atoms with Gasteiger partial charge in [-0.1, -0.05) is 48.0 Å². The van der Waals surface area contributed by atoms with E-state index in [9.17, 15) is 9.59 Å². The van der Waals surface area contributed by atoms with Gasteiger partial charge in [0.15, 0.2) is 0 Å². The first-order chi connectivity index (χ1) is 11.1. The van der Waals surface area contributed by atoms with Gasteiger partial charge in [-0.15, -0.1) is 0 Å². The summed E-state index contributed by atoms with van der Waals surface area (Å²) >= 11 is 5.92. The van der Waals surface area contributed by atoms with Crippen LogP contribution in [0.3, 0.4) is 0 Å². The van der Waals surface area contributed by atoms with Gasteiger partial charge >= 0.3 is 6.03 Å². The molecule has 1 saturated carbocycles. The van der Waals surface area contributed by atoms with Crippen LogP contribution in [0.5, 0.6) is 0 Å². The first-order valence-electron chi connectivity index (χ1n) is 7.27. The van der Waals surface area contributed by atoms with Crippen LogP contribution in [0.4, 0.5) is 10.5 Å². The van der Waals surface area contributed by atoms with Crippen molar-refractivity contribution in [3.63, 3.8) is 0 Å². The molecule has 1 fully saturated rings. The highest BCUT2D eigenvalue weighted by Gasteiger charge is 2.44.